The molecular weight excluding hydrogens is 475 g/mol. The van der Waals surface area contributed by atoms with Crippen LogP contribution in [0.1, 0.15) is 11.1 Å². The Morgan fingerprint density at radius 2 is 1.30 bits per heavy atom. The zero-order valence-corrected chi connectivity index (χ0v) is 17.5. The molecule has 6 heteroatoms. The van der Waals surface area contributed by atoms with Gasteiger partial charge in [0.25, 0.3) is 0 Å². The van der Waals surface area contributed by atoms with Crippen molar-refractivity contribution in [2.75, 3.05) is 5.32 Å². The maximum atomic E-state index is 13.5. The molecule has 27 heavy (non-hydrogen) atoms. The minimum Gasteiger partial charge on any atom is -0.316 e. The van der Waals surface area contributed by atoms with Crippen molar-refractivity contribution < 1.29 is 9.18 Å². The summed E-state index contributed by atoms with van der Waals surface area (Å²) in [4.78, 5) is 14.7. The van der Waals surface area contributed by atoms with E-state index in [1.807, 2.05) is 60.7 Å². The van der Waals surface area contributed by atoms with Gasteiger partial charge in [-0.15, -0.1) is 0 Å². The van der Waals surface area contributed by atoms with Gasteiger partial charge in [-0.25, -0.2) is 9.18 Å². The average Bonchev–Trinajstić information content (AvgIpc) is 2.65. The van der Waals surface area contributed by atoms with Gasteiger partial charge in [0.15, 0.2) is 0 Å². The number of anilines is 1. The minimum absolute atomic E-state index is 0.268. The van der Waals surface area contributed by atoms with Crippen molar-refractivity contribution in [2.24, 2.45) is 0 Å². The van der Waals surface area contributed by atoms with E-state index in [9.17, 15) is 9.18 Å². The molecule has 0 saturated heterocycles. The Morgan fingerprint density at radius 1 is 0.852 bits per heavy atom. The smallest absolute Gasteiger partial charge is 0.316 e. The van der Waals surface area contributed by atoms with Gasteiger partial charge in [0.2, 0.25) is 0 Å². The molecule has 0 atom stereocenters. The van der Waals surface area contributed by atoms with Gasteiger partial charge in [-0.1, -0.05) is 60.7 Å². The van der Waals surface area contributed by atoms with Crippen molar-refractivity contribution >= 4 is 43.6 Å². The van der Waals surface area contributed by atoms with E-state index < -0.39 is 5.82 Å². The minimum atomic E-state index is -0.392. The van der Waals surface area contributed by atoms with Crippen LogP contribution in [-0.2, 0) is 13.1 Å². The highest BCUT2D eigenvalue weighted by Gasteiger charge is 2.18. The molecule has 3 aromatic rings. The van der Waals surface area contributed by atoms with Crippen LogP contribution in [0.5, 0.6) is 0 Å². The van der Waals surface area contributed by atoms with Crippen LogP contribution in [-0.4, -0.2) is 10.9 Å². The maximum absolute atomic E-state index is 13.5. The molecule has 1 N–H and O–H groups in total. The van der Waals surface area contributed by atoms with Crippen molar-refractivity contribution in [3.63, 3.8) is 0 Å². The molecule has 3 nitrogen and oxygen atoms in total. The van der Waals surface area contributed by atoms with Crippen molar-refractivity contribution in [3.05, 3.63) is 98.7 Å². The number of nitrogens with one attached hydrogen (secondary N) is 1. The van der Waals surface area contributed by atoms with Crippen molar-refractivity contribution in [1.29, 1.82) is 0 Å². The highest BCUT2D eigenvalue weighted by atomic mass is 79.9. The predicted molar refractivity (Wildman–Crippen MR) is 113 cm³/mol. The Balaban J connectivity index is 1.84. The molecular formula is C21H17Br2FN2O. The molecule has 0 aliphatic heterocycles. The molecule has 0 aliphatic carbocycles. The molecule has 0 aliphatic rings. The van der Waals surface area contributed by atoms with E-state index in [0.29, 0.717) is 27.7 Å². The Morgan fingerprint density at radius 3 is 1.74 bits per heavy atom. The first kappa shape index (κ1) is 19.6. The summed E-state index contributed by atoms with van der Waals surface area (Å²) >= 11 is 6.61. The van der Waals surface area contributed by atoms with E-state index >= 15 is 0 Å². The SMILES string of the molecule is O=C(Nc1c(Br)cc(F)cc1Br)N(Cc1ccccc1)Cc1ccccc1. The van der Waals surface area contributed by atoms with Gasteiger partial charge in [-0.2, -0.15) is 0 Å². The summed E-state index contributed by atoms with van der Waals surface area (Å²) in [7, 11) is 0. The highest BCUT2D eigenvalue weighted by molar-refractivity contribution is 9.11. The highest BCUT2D eigenvalue weighted by Crippen LogP contribution is 2.32. The molecule has 0 bridgehead atoms. The summed E-state index contributed by atoms with van der Waals surface area (Å²) in [5.41, 5.74) is 2.55. The maximum Gasteiger partial charge on any atom is 0.322 e. The average molecular weight is 492 g/mol. The first-order chi connectivity index (χ1) is 13.0. The van der Waals surface area contributed by atoms with E-state index in [1.54, 1.807) is 4.90 Å². The van der Waals surface area contributed by atoms with Crippen molar-refractivity contribution in [3.8, 4) is 0 Å². The number of carbonyl (C=O) groups is 1. The molecule has 2 amide bonds. The van der Waals surface area contributed by atoms with Gasteiger partial charge >= 0.3 is 6.03 Å². The van der Waals surface area contributed by atoms with Crippen molar-refractivity contribution in [2.45, 2.75) is 13.1 Å². The first-order valence-electron chi connectivity index (χ1n) is 8.31. The molecule has 0 heterocycles. The van der Waals surface area contributed by atoms with Crippen LogP contribution in [0, 0.1) is 5.82 Å². The predicted octanol–water partition coefficient (Wildman–Crippen LogP) is 6.59. The van der Waals surface area contributed by atoms with Crippen LogP contribution < -0.4 is 5.32 Å². The second-order valence-electron chi connectivity index (χ2n) is 6.00. The van der Waals surface area contributed by atoms with E-state index in [4.69, 9.17) is 0 Å². The third-order valence-electron chi connectivity index (χ3n) is 3.96. The fourth-order valence-corrected chi connectivity index (χ4v) is 3.98. The summed E-state index contributed by atoms with van der Waals surface area (Å²) in [6, 6.07) is 22.0. The molecule has 0 aromatic heterocycles. The molecule has 0 unspecified atom stereocenters. The van der Waals surface area contributed by atoms with Crippen LogP contribution in [0.2, 0.25) is 0 Å². The molecule has 0 fully saturated rings. The standard InChI is InChI=1S/C21H17Br2FN2O/c22-18-11-17(24)12-19(23)20(18)25-21(27)26(13-15-7-3-1-4-8-15)14-16-9-5-2-6-10-16/h1-12H,13-14H2,(H,25,27). The third kappa shape index (κ3) is 5.40. The van der Waals surface area contributed by atoms with E-state index in [0.717, 1.165) is 11.1 Å². The van der Waals surface area contributed by atoms with Crippen LogP contribution in [0.25, 0.3) is 0 Å². The summed E-state index contributed by atoms with van der Waals surface area (Å²) in [6.45, 7) is 0.913. The summed E-state index contributed by atoms with van der Waals surface area (Å²) in [6.07, 6.45) is 0. The third-order valence-corrected chi connectivity index (χ3v) is 5.21. The molecule has 0 radical (unpaired) electrons. The zero-order chi connectivity index (χ0) is 19.2. The van der Waals surface area contributed by atoms with Gasteiger partial charge in [-0.3, -0.25) is 0 Å². The number of rotatable bonds is 5. The van der Waals surface area contributed by atoms with E-state index in [-0.39, 0.29) is 6.03 Å². The Hall–Kier alpha value is -2.18. The lowest BCUT2D eigenvalue weighted by Gasteiger charge is -2.24. The number of hydrogen-bond acceptors (Lipinski definition) is 1. The number of urea groups is 1. The quantitative estimate of drug-likeness (QED) is 0.429. The monoisotopic (exact) mass is 490 g/mol. The number of nitrogens with zero attached hydrogens (tertiary/aromatic N) is 1. The number of hydrogen-bond donors (Lipinski definition) is 1. The van der Waals surface area contributed by atoms with Gasteiger partial charge < -0.3 is 10.2 Å². The molecule has 0 spiro atoms. The summed E-state index contributed by atoms with van der Waals surface area (Å²) in [5, 5.41) is 2.87. The summed E-state index contributed by atoms with van der Waals surface area (Å²) in [5.74, 6) is -0.392. The topological polar surface area (TPSA) is 32.3 Å². The number of benzene rings is 3. The largest absolute Gasteiger partial charge is 0.322 e. The Bertz CT molecular complexity index is 855. The number of carbonyl (C=O) groups excluding carboxylic acids is 1. The van der Waals surface area contributed by atoms with Crippen LogP contribution in [0.3, 0.4) is 0 Å². The van der Waals surface area contributed by atoms with Crippen LogP contribution in [0.4, 0.5) is 14.9 Å². The van der Waals surface area contributed by atoms with Gasteiger partial charge in [0.05, 0.1) is 5.69 Å². The Labute approximate surface area is 174 Å². The molecule has 3 rings (SSSR count). The second-order valence-corrected chi connectivity index (χ2v) is 7.71. The first-order valence-corrected chi connectivity index (χ1v) is 9.90. The zero-order valence-electron chi connectivity index (χ0n) is 14.3. The summed E-state index contributed by atoms with van der Waals surface area (Å²) < 4.78 is 14.4. The molecule has 3 aromatic carbocycles. The van der Waals surface area contributed by atoms with E-state index in [1.165, 1.54) is 12.1 Å². The van der Waals surface area contributed by atoms with Gasteiger partial charge in [0.1, 0.15) is 5.82 Å². The lowest BCUT2D eigenvalue weighted by atomic mass is 10.2. The van der Waals surface area contributed by atoms with Gasteiger partial charge in [-0.05, 0) is 55.1 Å². The van der Waals surface area contributed by atoms with Gasteiger partial charge in [0, 0.05) is 22.0 Å². The van der Waals surface area contributed by atoms with E-state index in [2.05, 4.69) is 37.2 Å². The second kappa shape index (κ2) is 9.15. The fraction of sp³-hybridized carbons (Fsp3) is 0.0952. The molecule has 138 valence electrons. The normalized spacial score (nSPS) is 10.5. The number of amides is 2. The van der Waals surface area contributed by atoms with Crippen LogP contribution >= 0.6 is 31.9 Å². The fourth-order valence-electron chi connectivity index (χ4n) is 2.65. The lowest BCUT2D eigenvalue weighted by molar-refractivity contribution is 0.206. The molecule has 0 saturated carbocycles. The van der Waals surface area contributed by atoms with Crippen LogP contribution in [0.15, 0.2) is 81.7 Å². The Kier molecular flexibility index (Phi) is 6.63. The van der Waals surface area contributed by atoms with Crippen molar-refractivity contribution in [1.82, 2.24) is 4.90 Å². The lowest BCUT2D eigenvalue weighted by Crippen LogP contribution is -2.34. The number of halogens is 3.